The third-order valence-electron chi connectivity index (χ3n) is 3.18. The van der Waals surface area contributed by atoms with Crippen LogP contribution in [-0.2, 0) is 4.79 Å². The average Bonchev–Trinajstić information content (AvgIpc) is 2.78. The van der Waals surface area contributed by atoms with Crippen LogP contribution in [0.2, 0.25) is 0 Å². The minimum absolute atomic E-state index is 0.0920. The maximum atomic E-state index is 12.5. The lowest BCUT2D eigenvalue weighted by Crippen LogP contribution is -2.30. The summed E-state index contributed by atoms with van der Waals surface area (Å²) in [4.78, 5) is 14.0. The zero-order valence-electron chi connectivity index (χ0n) is 11.3. The largest absolute Gasteiger partial charge is 0.507 e. The molecule has 3 rings (SSSR count). The van der Waals surface area contributed by atoms with E-state index < -0.39 is 0 Å². The first-order chi connectivity index (χ1) is 10.6. The molecular weight excluding hydrogens is 364 g/mol. The normalized spacial score (nSPS) is 16.2. The number of phenols is 1. The summed E-state index contributed by atoms with van der Waals surface area (Å²) in [5, 5.41) is 13.1. The van der Waals surface area contributed by atoms with Crippen molar-refractivity contribution in [2.45, 2.75) is 0 Å². The molecule has 1 amide bonds. The Labute approximate surface area is 141 Å². The second kappa shape index (κ2) is 5.90. The molecule has 2 aromatic carbocycles. The zero-order chi connectivity index (χ0) is 15.7. The second-order valence-corrected chi connectivity index (χ2v) is 5.97. The summed E-state index contributed by atoms with van der Waals surface area (Å²) in [5.74, 6) is -0.162. The molecular formula is C16H11BrN2O2S. The highest BCUT2D eigenvalue weighted by molar-refractivity contribution is 9.10. The van der Waals surface area contributed by atoms with Crippen molar-refractivity contribution < 1.29 is 9.90 Å². The summed E-state index contributed by atoms with van der Waals surface area (Å²) in [7, 11) is 0. The molecule has 110 valence electrons. The number of carbonyl (C=O) groups excluding carboxylic acids is 1. The highest BCUT2D eigenvalue weighted by atomic mass is 79.9. The minimum Gasteiger partial charge on any atom is -0.507 e. The van der Waals surface area contributed by atoms with Crippen molar-refractivity contribution in [1.82, 2.24) is 5.32 Å². The van der Waals surface area contributed by atoms with Crippen molar-refractivity contribution in [1.29, 1.82) is 0 Å². The Morgan fingerprint density at radius 2 is 1.91 bits per heavy atom. The Morgan fingerprint density at radius 1 is 1.18 bits per heavy atom. The fourth-order valence-electron chi connectivity index (χ4n) is 2.14. The molecule has 6 heteroatoms. The van der Waals surface area contributed by atoms with E-state index in [0.29, 0.717) is 22.1 Å². The highest BCUT2D eigenvalue weighted by Crippen LogP contribution is 2.27. The van der Waals surface area contributed by atoms with E-state index in [1.54, 1.807) is 24.3 Å². The molecule has 0 aliphatic carbocycles. The number of benzene rings is 2. The summed E-state index contributed by atoms with van der Waals surface area (Å²) in [6.45, 7) is 0. The van der Waals surface area contributed by atoms with E-state index in [1.807, 2.05) is 30.3 Å². The first-order valence-electron chi connectivity index (χ1n) is 6.47. The summed E-state index contributed by atoms with van der Waals surface area (Å²) >= 11 is 8.57. The lowest BCUT2D eigenvalue weighted by atomic mass is 10.1. The highest BCUT2D eigenvalue weighted by Gasteiger charge is 2.31. The predicted octanol–water partition coefficient (Wildman–Crippen LogP) is 3.42. The van der Waals surface area contributed by atoms with Gasteiger partial charge in [-0.3, -0.25) is 9.69 Å². The van der Waals surface area contributed by atoms with Gasteiger partial charge >= 0.3 is 0 Å². The molecule has 4 nitrogen and oxygen atoms in total. The minimum atomic E-state index is -0.254. The summed E-state index contributed by atoms with van der Waals surface area (Å²) in [6, 6.07) is 14.2. The number of rotatable bonds is 2. The number of halogens is 1. The Balaban J connectivity index is 1.97. The molecule has 1 aliphatic rings. The van der Waals surface area contributed by atoms with Gasteiger partial charge in [-0.1, -0.05) is 34.1 Å². The number of amides is 1. The van der Waals surface area contributed by atoms with Crippen molar-refractivity contribution in [3.63, 3.8) is 0 Å². The third kappa shape index (κ3) is 2.75. The third-order valence-corrected chi connectivity index (χ3v) is 3.96. The molecule has 2 aromatic rings. The summed E-state index contributed by atoms with van der Waals surface area (Å²) in [5.41, 5.74) is 1.55. The first kappa shape index (κ1) is 14.7. The Morgan fingerprint density at radius 3 is 2.64 bits per heavy atom. The van der Waals surface area contributed by atoms with Crippen LogP contribution in [-0.4, -0.2) is 16.1 Å². The molecule has 0 saturated carbocycles. The van der Waals surface area contributed by atoms with Crippen LogP contribution in [0.1, 0.15) is 5.56 Å². The van der Waals surface area contributed by atoms with Crippen LogP contribution in [0.5, 0.6) is 5.75 Å². The molecule has 0 bridgehead atoms. The number of nitrogens with zero attached hydrogens (tertiary/aromatic N) is 1. The monoisotopic (exact) mass is 374 g/mol. The van der Waals surface area contributed by atoms with Crippen molar-refractivity contribution in [3.8, 4) is 5.75 Å². The van der Waals surface area contributed by atoms with Crippen LogP contribution in [0.3, 0.4) is 0 Å². The van der Waals surface area contributed by atoms with Gasteiger partial charge in [0.15, 0.2) is 5.11 Å². The number of phenolic OH excluding ortho intramolecular Hbond substituents is 1. The van der Waals surface area contributed by atoms with E-state index >= 15 is 0 Å². The van der Waals surface area contributed by atoms with Crippen LogP contribution >= 0.6 is 28.1 Å². The molecule has 0 aromatic heterocycles. The molecule has 0 spiro atoms. The number of hydrogen-bond acceptors (Lipinski definition) is 3. The van der Waals surface area contributed by atoms with Crippen LogP contribution in [0, 0.1) is 0 Å². The standard InChI is InChI=1S/C16H11BrN2O2S/c17-11-6-7-14(20)10(8-11)9-13-15(21)19(16(22)18-13)12-4-2-1-3-5-12/h1-9,20H,(H,18,22). The fourth-order valence-corrected chi connectivity index (χ4v) is 2.82. The number of thiocarbonyl (C=S) groups is 1. The van der Waals surface area contributed by atoms with Crippen molar-refractivity contribution in [3.05, 3.63) is 64.3 Å². The SMILES string of the molecule is O=C1C(=Cc2cc(Br)ccc2O)NC(=S)N1c1ccccc1. The smallest absolute Gasteiger partial charge is 0.281 e. The van der Waals surface area contributed by atoms with Crippen molar-refractivity contribution in [2.75, 3.05) is 4.90 Å². The number of carbonyl (C=O) groups is 1. The van der Waals surface area contributed by atoms with E-state index in [1.165, 1.54) is 4.90 Å². The Bertz CT molecular complexity index is 790. The van der Waals surface area contributed by atoms with E-state index in [2.05, 4.69) is 21.2 Å². The van der Waals surface area contributed by atoms with E-state index in [0.717, 1.165) is 4.47 Å². The molecule has 1 saturated heterocycles. The average molecular weight is 375 g/mol. The van der Waals surface area contributed by atoms with Crippen LogP contribution in [0.25, 0.3) is 6.08 Å². The van der Waals surface area contributed by atoms with Crippen molar-refractivity contribution in [2.24, 2.45) is 0 Å². The Hall–Kier alpha value is -2.18. The van der Waals surface area contributed by atoms with Gasteiger partial charge < -0.3 is 10.4 Å². The van der Waals surface area contributed by atoms with E-state index in [9.17, 15) is 9.90 Å². The van der Waals surface area contributed by atoms with Gasteiger partial charge in [0, 0.05) is 10.0 Å². The number of anilines is 1. The van der Waals surface area contributed by atoms with Gasteiger partial charge in [-0.2, -0.15) is 0 Å². The van der Waals surface area contributed by atoms with Gasteiger partial charge in [0.2, 0.25) is 0 Å². The van der Waals surface area contributed by atoms with Crippen LogP contribution < -0.4 is 10.2 Å². The number of para-hydroxylation sites is 1. The molecule has 0 radical (unpaired) electrons. The van der Waals surface area contributed by atoms with E-state index in [4.69, 9.17) is 12.2 Å². The van der Waals surface area contributed by atoms with Crippen LogP contribution in [0.15, 0.2) is 58.7 Å². The molecule has 1 heterocycles. The maximum Gasteiger partial charge on any atom is 0.281 e. The van der Waals surface area contributed by atoms with Gasteiger partial charge in [0.1, 0.15) is 11.4 Å². The predicted molar refractivity (Wildman–Crippen MR) is 93.4 cm³/mol. The lowest BCUT2D eigenvalue weighted by molar-refractivity contribution is -0.113. The van der Waals surface area contributed by atoms with Gasteiger partial charge in [-0.25, -0.2) is 0 Å². The van der Waals surface area contributed by atoms with Gasteiger partial charge in [-0.15, -0.1) is 0 Å². The number of aromatic hydroxyl groups is 1. The van der Waals surface area contributed by atoms with E-state index in [-0.39, 0.29) is 11.7 Å². The van der Waals surface area contributed by atoms with Crippen molar-refractivity contribution >= 4 is 50.9 Å². The second-order valence-electron chi connectivity index (χ2n) is 4.67. The number of nitrogens with one attached hydrogen (secondary N) is 1. The van der Waals surface area contributed by atoms with Gasteiger partial charge in [-0.05, 0) is 48.6 Å². The first-order valence-corrected chi connectivity index (χ1v) is 7.67. The quantitative estimate of drug-likeness (QED) is 0.624. The molecule has 0 atom stereocenters. The van der Waals surface area contributed by atoms with Gasteiger partial charge in [0.25, 0.3) is 5.91 Å². The molecule has 1 fully saturated rings. The maximum absolute atomic E-state index is 12.5. The summed E-state index contributed by atoms with van der Waals surface area (Å²) < 4.78 is 0.810. The summed E-state index contributed by atoms with van der Waals surface area (Å²) in [6.07, 6.45) is 1.58. The molecule has 1 aliphatic heterocycles. The van der Waals surface area contributed by atoms with Gasteiger partial charge in [0.05, 0.1) is 5.69 Å². The number of hydrogen-bond donors (Lipinski definition) is 2. The lowest BCUT2D eigenvalue weighted by Gasteiger charge is -2.13. The fraction of sp³-hybridized carbons (Fsp3) is 0. The molecule has 0 unspecified atom stereocenters. The zero-order valence-corrected chi connectivity index (χ0v) is 13.7. The van der Waals surface area contributed by atoms with Crippen LogP contribution in [0.4, 0.5) is 5.69 Å². The molecule has 22 heavy (non-hydrogen) atoms. The molecule has 2 N–H and O–H groups in total. The topological polar surface area (TPSA) is 52.6 Å². The Kier molecular flexibility index (Phi) is 3.96.